The van der Waals surface area contributed by atoms with Crippen molar-refractivity contribution < 1.29 is 14.3 Å². The van der Waals surface area contributed by atoms with E-state index in [0.717, 1.165) is 24.9 Å². The van der Waals surface area contributed by atoms with Crippen molar-refractivity contribution in [2.75, 3.05) is 25.9 Å². The molecule has 0 saturated carbocycles. The van der Waals surface area contributed by atoms with Crippen molar-refractivity contribution in [2.45, 2.75) is 59.0 Å². The summed E-state index contributed by atoms with van der Waals surface area (Å²) in [7, 11) is 1.54. The fraction of sp³-hybridized carbons (Fsp3) is 0.667. The van der Waals surface area contributed by atoms with Crippen LogP contribution in [0.2, 0.25) is 0 Å². The Hall–Kier alpha value is -1.98. The van der Waals surface area contributed by atoms with Gasteiger partial charge in [-0.15, -0.1) is 0 Å². The lowest BCUT2D eigenvalue weighted by Gasteiger charge is -2.34. The lowest BCUT2D eigenvalue weighted by molar-refractivity contribution is 0.0198. The monoisotopic (exact) mass is 337 g/mol. The van der Waals surface area contributed by atoms with Gasteiger partial charge in [-0.2, -0.15) is 0 Å². The summed E-state index contributed by atoms with van der Waals surface area (Å²) in [6.45, 7) is 11.0. The largest absolute Gasteiger partial charge is 0.480 e. The number of nitrogens with zero attached hydrogens (tertiary/aromatic N) is 2. The van der Waals surface area contributed by atoms with E-state index in [0.29, 0.717) is 18.1 Å². The lowest BCUT2D eigenvalue weighted by Crippen LogP contribution is -2.42. The van der Waals surface area contributed by atoms with E-state index in [1.165, 1.54) is 0 Å². The van der Waals surface area contributed by atoms with Crippen LogP contribution in [0.5, 0.6) is 5.88 Å². The normalized spacial score (nSPS) is 17.6. The summed E-state index contributed by atoms with van der Waals surface area (Å²) in [4.78, 5) is 18.2. The average molecular weight is 337 g/mol. The molecule has 0 spiro atoms. The molecule has 6 heteroatoms. The first-order chi connectivity index (χ1) is 11.3. The minimum atomic E-state index is -0.476. The van der Waals surface area contributed by atoms with Gasteiger partial charge < -0.3 is 20.1 Å². The van der Waals surface area contributed by atoms with Gasteiger partial charge in [0.25, 0.3) is 0 Å². The second-order valence-corrected chi connectivity index (χ2v) is 6.63. The van der Waals surface area contributed by atoms with E-state index in [1.54, 1.807) is 18.2 Å². The van der Waals surface area contributed by atoms with Gasteiger partial charge >= 0.3 is 6.09 Å². The number of pyridine rings is 1. The molecular weight excluding hydrogens is 306 g/mol. The third-order valence-corrected chi connectivity index (χ3v) is 3.64. The summed E-state index contributed by atoms with van der Waals surface area (Å²) >= 11 is 0. The first-order valence-corrected chi connectivity index (χ1v) is 8.57. The highest BCUT2D eigenvalue weighted by molar-refractivity contribution is 5.68. The predicted molar refractivity (Wildman–Crippen MR) is 96.3 cm³/mol. The zero-order valence-corrected chi connectivity index (χ0v) is 15.8. The van der Waals surface area contributed by atoms with E-state index in [4.69, 9.17) is 15.2 Å². The van der Waals surface area contributed by atoms with Crippen LogP contribution in [0.25, 0.3) is 0 Å². The molecule has 136 valence electrons. The highest BCUT2D eigenvalue weighted by Gasteiger charge is 2.28. The number of amides is 1. The third-order valence-electron chi connectivity index (χ3n) is 3.64. The summed E-state index contributed by atoms with van der Waals surface area (Å²) < 4.78 is 10.5. The Balaban J connectivity index is 0.00000139. The minimum Gasteiger partial charge on any atom is -0.480 e. The molecule has 1 atom stereocenters. The molecular formula is C18H31N3O3. The molecule has 1 fully saturated rings. The number of ether oxygens (including phenoxy) is 2. The van der Waals surface area contributed by atoms with Gasteiger partial charge in [0.1, 0.15) is 5.60 Å². The standard InChI is InChI=1S/C16H25N3O3.C2H6/c1-16(2,3)22-15(20)19-7-5-6-11(10-19)12-8-13(17)14(21-4)18-9-12;1-2/h8-9,11H,5-7,10,17H2,1-4H3;1-2H3. The average Bonchev–Trinajstić information content (AvgIpc) is 2.55. The number of methoxy groups -OCH3 is 1. The highest BCUT2D eigenvalue weighted by Crippen LogP contribution is 2.30. The minimum absolute atomic E-state index is 0.224. The fourth-order valence-corrected chi connectivity index (χ4v) is 2.62. The topological polar surface area (TPSA) is 77.7 Å². The third kappa shape index (κ3) is 5.58. The molecule has 1 amide bonds. The van der Waals surface area contributed by atoms with Crippen molar-refractivity contribution in [1.82, 2.24) is 9.88 Å². The van der Waals surface area contributed by atoms with Crippen molar-refractivity contribution in [2.24, 2.45) is 0 Å². The van der Waals surface area contributed by atoms with Gasteiger partial charge in [-0.25, -0.2) is 9.78 Å². The van der Waals surface area contributed by atoms with Crippen LogP contribution >= 0.6 is 0 Å². The first kappa shape index (κ1) is 20.1. The summed E-state index contributed by atoms with van der Waals surface area (Å²) in [6.07, 6.45) is 3.47. The van der Waals surface area contributed by atoms with E-state index in [2.05, 4.69) is 4.98 Å². The van der Waals surface area contributed by atoms with Gasteiger partial charge in [0.2, 0.25) is 5.88 Å². The highest BCUT2D eigenvalue weighted by atomic mass is 16.6. The smallest absolute Gasteiger partial charge is 0.410 e. The number of rotatable bonds is 2. The lowest BCUT2D eigenvalue weighted by atomic mass is 9.91. The summed E-state index contributed by atoms with van der Waals surface area (Å²) in [5.74, 6) is 0.658. The maximum atomic E-state index is 12.2. The van der Waals surface area contributed by atoms with Gasteiger partial charge in [-0.1, -0.05) is 13.8 Å². The summed E-state index contributed by atoms with van der Waals surface area (Å²) in [5, 5.41) is 0. The zero-order chi connectivity index (χ0) is 18.3. The van der Waals surface area contributed by atoms with E-state index in [1.807, 2.05) is 40.7 Å². The number of hydrogen-bond acceptors (Lipinski definition) is 5. The molecule has 24 heavy (non-hydrogen) atoms. The van der Waals surface area contributed by atoms with Crippen molar-refractivity contribution in [3.05, 3.63) is 17.8 Å². The van der Waals surface area contributed by atoms with Crippen LogP contribution in [0.1, 0.15) is 58.9 Å². The molecule has 0 radical (unpaired) electrons. The van der Waals surface area contributed by atoms with Gasteiger partial charge in [0.05, 0.1) is 12.8 Å². The summed E-state index contributed by atoms with van der Waals surface area (Å²) in [6, 6.07) is 1.88. The van der Waals surface area contributed by atoms with Crippen molar-refractivity contribution in [3.8, 4) is 5.88 Å². The first-order valence-electron chi connectivity index (χ1n) is 8.57. The van der Waals surface area contributed by atoms with Crippen LogP contribution in [0.15, 0.2) is 12.3 Å². The number of hydrogen-bond donors (Lipinski definition) is 1. The molecule has 2 N–H and O–H groups in total. The van der Waals surface area contributed by atoms with Gasteiger partial charge in [-0.3, -0.25) is 0 Å². The molecule has 0 bridgehead atoms. The number of nitrogen functional groups attached to an aromatic ring is 1. The Kier molecular flexibility index (Phi) is 7.32. The van der Waals surface area contributed by atoms with Gasteiger partial charge in [0.15, 0.2) is 0 Å². The number of piperidine rings is 1. The van der Waals surface area contributed by atoms with Crippen LogP contribution in [0.4, 0.5) is 10.5 Å². The number of nitrogens with two attached hydrogens (primary N) is 1. The summed E-state index contributed by atoms with van der Waals surface area (Å²) in [5.41, 5.74) is 7.00. The maximum Gasteiger partial charge on any atom is 0.410 e. The number of carbonyl (C=O) groups excluding carboxylic acids is 1. The van der Waals surface area contributed by atoms with Crippen molar-refractivity contribution in [3.63, 3.8) is 0 Å². The van der Waals surface area contributed by atoms with Crippen LogP contribution < -0.4 is 10.5 Å². The predicted octanol–water partition coefficient (Wildman–Crippen LogP) is 3.81. The molecule has 1 saturated heterocycles. The van der Waals surface area contributed by atoms with Crippen LogP contribution in [0, 0.1) is 0 Å². The molecule has 2 heterocycles. The Morgan fingerprint density at radius 2 is 2.04 bits per heavy atom. The van der Waals surface area contributed by atoms with Crippen LogP contribution in [-0.2, 0) is 4.74 Å². The molecule has 0 aliphatic carbocycles. The number of likely N-dealkylation sites (tertiary alicyclic amines) is 1. The van der Waals surface area contributed by atoms with Crippen LogP contribution in [-0.4, -0.2) is 41.8 Å². The molecule has 1 aromatic rings. The fourth-order valence-electron chi connectivity index (χ4n) is 2.62. The van der Waals surface area contributed by atoms with Crippen molar-refractivity contribution >= 4 is 11.8 Å². The Bertz CT molecular complexity index is 541. The maximum absolute atomic E-state index is 12.2. The molecule has 1 aliphatic heterocycles. The van der Waals surface area contributed by atoms with E-state index >= 15 is 0 Å². The Labute approximate surface area is 145 Å². The van der Waals surface area contributed by atoms with Crippen molar-refractivity contribution in [1.29, 1.82) is 0 Å². The molecule has 1 unspecified atom stereocenters. The van der Waals surface area contributed by atoms with E-state index in [9.17, 15) is 4.79 Å². The number of anilines is 1. The molecule has 1 aromatic heterocycles. The van der Waals surface area contributed by atoms with Gasteiger partial charge in [-0.05, 0) is 45.2 Å². The quantitative estimate of drug-likeness (QED) is 0.888. The second kappa shape index (κ2) is 8.76. The number of carbonyl (C=O) groups is 1. The molecule has 2 rings (SSSR count). The van der Waals surface area contributed by atoms with Crippen LogP contribution in [0.3, 0.4) is 0 Å². The second-order valence-electron chi connectivity index (χ2n) is 6.63. The zero-order valence-electron chi connectivity index (χ0n) is 15.8. The Morgan fingerprint density at radius 1 is 1.38 bits per heavy atom. The number of aromatic nitrogens is 1. The SMILES string of the molecule is CC.COc1ncc(C2CCCN(C(=O)OC(C)(C)C)C2)cc1N. The van der Waals surface area contributed by atoms with E-state index in [-0.39, 0.29) is 12.0 Å². The molecule has 0 aromatic carbocycles. The van der Waals surface area contributed by atoms with E-state index < -0.39 is 5.60 Å². The molecule has 6 nitrogen and oxygen atoms in total. The molecule has 1 aliphatic rings. The van der Waals surface area contributed by atoms with Gasteiger partial charge in [0, 0.05) is 25.2 Å². The Morgan fingerprint density at radius 3 is 2.58 bits per heavy atom.